The zero-order chi connectivity index (χ0) is 17.9. The van der Waals surface area contributed by atoms with E-state index in [1.807, 2.05) is 35.9 Å². The smallest absolute Gasteiger partial charge is 0.237 e. The highest BCUT2D eigenvalue weighted by Crippen LogP contribution is 2.37. The summed E-state index contributed by atoms with van der Waals surface area (Å²) in [5, 5.41) is 15.2. The zero-order valence-electron chi connectivity index (χ0n) is 14.8. The molecule has 7 nitrogen and oxygen atoms in total. The second-order valence-electron chi connectivity index (χ2n) is 6.91. The largest absolute Gasteiger partial charge is 0.488 e. The molecule has 1 atom stereocenters. The van der Waals surface area contributed by atoms with Gasteiger partial charge in [0.2, 0.25) is 11.1 Å². The number of thioether (sulfide) groups is 1. The number of tetrazole rings is 1. The van der Waals surface area contributed by atoms with E-state index in [1.165, 1.54) is 24.6 Å². The van der Waals surface area contributed by atoms with E-state index in [0.717, 1.165) is 37.1 Å². The van der Waals surface area contributed by atoms with E-state index in [1.54, 1.807) is 0 Å². The van der Waals surface area contributed by atoms with Crippen molar-refractivity contribution < 1.29 is 9.53 Å². The highest BCUT2D eigenvalue weighted by molar-refractivity contribution is 8.00. The Labute approximate surface area is 156 Å². The maximum Gasteiger partial charge on any atom is 0.237 e. The minimum absolute atomic E-state index is 0.0807. The highest BCUT2D eigenvalue weighted by atomic mass is 32.2. The van der Waals surface area contributed by atoms with Gasteiger partial charge in [0.25, 0.3) is 0 Å². The van der Waals surface area contributed by atoms with Crippen molar-refractivity contribution in [3.63, 3.8) is 0 Å². The summed E-state index contributed by atoms with van der Waals surface area (Å²) in [5.41, 5.74) is 0.721. The SMILES string of the molecule is CC(Sc1nnnn1C1CC1)C(=O)Nc1ccccc1OC1CCCC1. The number of ether oxygens (including phenoxy) is 1. The van der Waals surface area contributed by atoms with Crippen molar-refractivity contribution in [3.05, 3.63) is 24.3 Å². The Morgan fingerprint density at radius 3 is 2.81 bits per heavy atom. The van der Waals surface area contributed by atoms with Crippen molar-refractivity contribution in [1.82, 2.24) is 20.2 Å². The molecule has 0 aliphatic heterocycles. The van der Waals surface area contributed by atoms with Crippen LogP contribution in [-0.2, 0) is 4.79 Å². The number of aromatic nitrogens is 4. The van der Waals surface area contributed by atoms with Gasteiger partial charge in [0, 0.05) is 0 Å². The maximum atomic E-state index is 12.7. The predicted molar refractivity (Wildman–Crippen MR) is 99.4 cm³/mol. The number of benzene rings is 1. The summed E-state index contributed by atoms with van der Waals surface area (Å²) >= 11 is 1.39. The van der Waals surface area contributed by atoms with E-state index in [0.29, 0.717) is 11.2 Å². The molecule has 0 radical (unpaired) electrons. The van der Waals surface area contributed by atoms with Gasteiger partial charge in [0.15, 0.2) is 0 Å². The molecule has 1 aromatic carbocycles. The second kappa shape index (κ2) is 7.65. The predicted octanol–water partition coefficient (Wildman–Crippen LogP) is 3.45. The van der Waals surface area contributed by atoms with Crippen LogP contribution in [0.4, 0.5) is 5.69 Å². The molecule has 1 aromatic heterocycles. The molecule has 1 N–H and O–H groups in total. The fourth-order valence-corrected chi connectivity index (χ4v) is 3.98. The van der Waals surface area contributed by atoms with Gasteiger partial charge >= 0.3 is 0 Å². The summed E-state index contributed by atoms with van der Waals surface area (Å²) in [5.74, 6) is 0.663. The number of carbonyl (C=O) groups is 1. The van der Waals surface area contributed by atoms with Crippen LogP contribution in [0, 0.1) is 0 Å². The number of carbonyl (C=O) groups excluding carboxylic acids is 1. The van der Waals surface area contributed by atoms with Crippen molar-refractivity contribution >= 4 is 23.4 Å². The molecule has 0 bridgehead atoms. The fraction of sp³-hybridized carbons (Fsp3) is 0.556. The van der Waals surface area contributed by atoms with Crippen molar-refractivity contribution in [3.8, 4) is 5.75 Å². The van der Waals surface area contributed by atoms with Crippen LogP contribution in [0.2, 0.25) is 0 Å². The van der Waals surface area contributed by atoms with E-state index in [2.05, 4.69) is 20.8 Å². The Morgan fingerprint density at radius 1 is 1.27 bits per heavy atom. The lowest BCUT2D eigenvalue weighted by Gasteiger charge is -2.18. The van der Waals surface area contributed by atoms with Crippen LogP contribution in [0.15, 0.2) is 29.4 Å². The number of nitrogens with zero attached hydrogens (tertiary/aromatic N) is 4. The van der Waals surface area contributed by atoms with Gasteiger partial charge in [0.05, 0.1) is 23.1 Å². The normalized spacial score (nSPS) is 18.7. The summed E-state index contributed by atoms with van der Waals surface area (Å²) in [6.45, 7) is 1.87. The van der Waals surface area contributed by atoms with Crippen molar-refractivity contribution in [2.75, 3.05) is 5.32 Å². The van der Waals surface area contributed by atoms with Gasteiger partial charge in [-0.1, -0.05) is 23.9 Å². The van der Waals surface area contributed by atoms with Crippen molar-refractivity contribution in [1.29, 1.82) is 0 Å². The van der Waals surface area contributed by atoms with Gasteiger partial charge in [-0.05, 0) is 68.0 Å². The topological polar surface area (TPSA) is 81.9 Å². The maximum absolute atomic E-state index is 12.7. The van der Waals surface area contributed by atoms with Gasteiger partial charge in [0.1, 0.15) is 5.75 Å². The van der Waals surface area contributed by atoms with E-state index < -0.39 is 0 Å². The minimum atomic E-state index is -0.307. The lowest BCUT2D eigenvalue weighted by atomic mass is 10.2. The molecule has 1 heterocycles. The first kappa shape index (κ1) is 17.3. The van der Waals surface area contributed by atoms with Crippen LogP contribution in [-0.4, -0.2) is 37.5 Å². The second-order valence-corrected chi connectivity index (χ2v) is 8.21. The third-order valence-electron chi connectivity index (χ3n) is 4.75. The Kier molecular flexibility index (Phi) is 5.10. The molecule has 2 aliphatic carbocycles. The average Bonchev–Trinajstić information content (AvgIpc) is 3.15. The van der Waals surface area contributed by atoms with Gasteiger partial charge in [-0.25, -0.2) is 4.68 Å². The lowest BCUT2D eigenvalue weighted by molar-refractivity contribution is -0.115. The molecule has 2 fully saturated rings. The van der Waals surface area contributed by atoms with Crippen LogP contribution >= 0.6 is 11.8 Å². The Balaban J connectivity index is 1.40. The van der Waals surface area contributed by atoms with Crippen LogP contribution in [0.3, 0.4) is 0 Å². The number of para-hydroxylation sites is 2. The summed E-state index contributed by atoms with van der Waals surface area (Å²) in [6.07, 6.45) is 7.04. The molecule has 138 valence electrons. The molecular weight excluding hydrogens is 350 g/mol. The molecule has 0 spiro atoms. The summed E-state index contributed by atoms with van der Waals surface area (Å²) in [7, 11) is 0. The number of hydrogen-bond donors (Lipinski definition) is 1. The monoisotopic (exact) mass is 373 g/mol. The van der Waals surface area contributed by atoms with Crippen molar-refractivity contribution in [2.45, 2.75) is 68.0 Å². The molecule has 8 heteroatoms. The molecule has 1 unspecified atom stereocenters. The van der Waals surface area contributed by atoms with Crippen LogP contribution in [0.1, 0.15) is 51.5 Å². The molecule has 26 heavy (non-hydrogen) atoms. The average molecular weight is 373 g/mol. The standard InChI is InChI=1S/C18H23N5O2S/c1-12(26-18-20-21-22-23(18)13-10-11-13)17(24)19-15-8-4-5-9-16(15)25-14-6-2-3-7-14/h4-5,8-9,12-14H,2-3,6-7,10-11H2,1H3,(H,19,24). The third-order valence-corrected chi connectivity index (χ3v) is 5.79. The minimum Gasteiger partial charge on any atom is -0.488 e. The number of hydrogen-bond acceptors (Lipinski definition) is 6. The first-order chi connectivity index (χ1) is 12.7. The van der Waals surface area contributed by atoms with Gasteiger partial charge in [-0.3, -0.25) is 4.79 Å². The summed E-state index contributed by atoms with van der Waals surface area (Å²) in [6, 6.07) is 8.03. The van der Waals surface area contributed by atoms with Crippen molar-refractivity contribution in [2.24, 2.45) is 0 Å². The number of nitrogens with one attached hydrogen (secondary N) is 1. The zero-order valence-corrected chi connectivity index (χ0v) is 15.6. The third kappa shape index (κ3) is 4.00. The molecule has 2 aliphatic rings. The summed E-state index contributed by atoms with van der Waals surface area (Å²) < 4.78 is 7.92. The van der Waals surface area contributed by atoms with Gasteiger partial charge in [-0.2, -0.15) is 0 Å². The molecule has 2 saturated carbocycles. The Hall–Kier alpha value is -2.09. The number of anilines is 1. The Morgan fingerprint density at radius 2 is 2.04 bits per heavy atom. The first-order valence-electron chi connectivity index (χ1n) is 9.22. The highest BCUT2D eigenvalue weighted by Gasteiger charge is 2.29. The molecule has 1 amide bonds. The summed E-state index contributed by atoms with van der Waals surface area (Å²) in [4.78, 5) is 12.7. The molecule has 4 rings (SSSR count). The molecular formula is C18H23N5O2S. The van der Waals surface area contributed by atoms with E-state index in [4.69, 9.17) is 4.74 Å². The van der Waals surface area contributed by atoms with Gasteiger partial charge < -0.3 is 10.1 Å². The van der Waals surface area contributed by atoms with Gasteiger partial charge in [-0.15, -0.1) is 5.10 Å². The van der Waals surface area contributed by atoms with E-state index in [9.17, 15) is 4.79 Å². The van der Waals surface area contributed by atoms with E-state index >= 15 is 0 Å². The van der Waals surface area contributed by atoms with Crippen LogP contribution in [0.25, 0.3) is 0 Å². The van der Waals surface area contributed by atoms with Crippen LogP contribution in [0.5, 0.6) is 5.75 Å². The molecule has 2 aromatic rings. The Bertz CT molecular complexity index is 770. The first-order valence-corrected chi connectivity index (χ1v) is 10.1. The number of rotatable bonds is 7. The molecule has 0 saturated heterocycles. The number of amides is 1. The fourth-order valence-electron chi connectivity index (χ4n) is 3.12. The van der Waals surface area contributed by atoms with Crippen LogP contribution < -0.4 is 10.1 Å². The van der Waals surface area contributed by atoms with E-state index in [-0.39, 0.29) is 17.3 Å². The lowest BCUT2D eigenvalue weighted by Crippen LogP contribution is -2.24. The quantitative estimate of drug-likeness (QED) is 0.749.